The predicted octanol–water partition coefficient (Wildman–Crippen LogP) is 5.60. The largest absolute Gasteiger partial charge is 0.480 e. The normalized spacial score (nSPS) is 10.9. The number of aryl methyl sites for hydroxylation is 1. The smallest absolute Gasteiger partial charge is 0.317 e. The molecule has 0 aliphatic rings. The third-order valence-corrected chi connectivity index (χ3v) is 5.66. The number of carbonyl (C=O) groups is 1. The first-order chi connectivity index (χ1) is 16.9. The minimum Gasteiger partial charge on any atom is -0.480 e. The summed E-state index contributed by atoms with van der Waals surface area (Å²) in [5.74, 6) is -0.750. The summed E-state index contributed by atoms with van der Waals surface area (Å²) >= 11 is 0. The molecule has 36 heavy (non-hydrogen) atoms. The Morgan fingerprint density at radius 3 is 2.50 bits per heavy atom. The molecule has 1 N–H and O–H groups in total. The number of methoxy groups -OCH3 is 1. The van der Waals surface area contributed by atoms with Crippen LogP contribution in [0.15, 0.2) is 65.2 Å². The van der Waals surface area contributed by atoms with E-state index in [1.165, 1.54) is 16.5 Å². The summed E-state index contributed by atoms with van der Waals surface area (Å²) in [5, 5.41) is 13.0. The summed E-state index contributed by atoms with van der Waals surface area (Å²) in [5.41, 5.74) is 6.03. The third kappa shape index (κ3) is 6.15. The number of hydrogen-bond donors (Lipinski definition) is 1. The lowest BCUT2D eigenvalue weighted by Gasteiger charge is -2.14. The van der Waals surface area contributed by atoms with Crippen LogP contribution in [0.5, 0.6) is 0 Å². The van der Waals surface area contributed by atoms with E-state index in [-0.39, 0.29) is 25.5 Å². The topological polar surface area (TPSA) is 88.7 Å². The zero-order valence-electron chi connectivity index (χ0n) is 20.2. The maximum absolute atomic E-state index is 14.3. The van der Waals surface area contributed by atoms with Crippen molar-refractivity contribution in [3.63, 3.8) is 0 Å². The number of aliphatic carboxylic acids is 1. The van der Waals surface area contributed by atoms with E-state index in [0.29, 0.717) is 29.4 Å². The molecule has 0 aliphatic carbocycles. The summed E-state index contributed by atoms with van der Waals surface area (Å²) in [6.07, 6.45) is 0. The molecular weight excluding hydrogens is 485 g/mol. The molecule has 0 unspecified atom stereocenters. The van der Waals surface area contributed by atoms with Crippen LogP contribution in [0.2, 0.25) is 0 Å². The zero-order valence-corrected chi connectivity index (χ0v) is 21.0. The second kappa shape index (κ2) is 11.9. The summed E-state index contributed by atoms with van der Waals surface area (Å²) in [4.78, 5) is 17.0. The van der Waals surface area contributed by atoms with Crippen LogP contribution < -0.4 is 0 Å². The minimum atomic E-state index is -0.979. The Balaban J connectivity index is 0.00000361. The van der Waals surface area contributed by atoms with Crippen LogP contribution >= 0.6 is 12.4 Å². The van der Waals surface area contributed by atoms with E-state index in [9.17, 15) is 9.18 Å². The lowest BCUT2D eigenvalue weighted by atomic mass is 9.94. The number of carboxylic acid groups (broad SMARTS) is 1. The molecule has 0 fully saturated rings. The highest BCUT2D eigenvalue weighted by Gasteiger charge is 2.16. The van der Waals surface area contributed by atoms with Crippen molar-refractivity contribution < 1.29 is 23.6 Å². The monoisotopic (exact) mass is 511 g/mol. The van der Waals surface area contributed by atoms with Gasteiger partial charge in [0.05, 0.1) is 13.2 Å². The quantitative estimate of drug-likeness (QED) is 0.313. The number of aromatic nitrogens is 2. The summed E-state index contributed by atoms with van der Waals surface area (Å²) in [6, 6.07) is 18.6. The minimum absolute atomic E-state index is 0. The maximum atomic E-state index is 14.3. The Kier molecular flexibility index (Phi) is 8.93. The van der Waals surface area contributed by atoms with Crippen molar-refractivity contribution in [1.82, 2.24) is 15.0 Å². The first-order valence-electron chi connectivity index (χ1n) is 11.1. The first-order valence-corrected chi connectivity index (χ1v) is 11.1. The van der Waals surface area contributed by atoms with Crippen LogP contribution in [0.4, 0.5) is 4.39 Å². The number of ether oxygens (including phenoxy) is 1. The second-order valence-corrected chi connectivity index (χ2v) is 8.42. The van der Waals surface area contributed by atoms with Crippen molar-refractivity contribution >= 4 is 18.4 Å². The van der Waals surface area contributed by atoms with Gasteiger partial charge in [-0.15, -0.1) is 12.4 Å². The Labute approximate surface area is 214 Å². The third-order valence-electron chi connectivity index (χ3n) is 5.66. The molecule has 4 rings (SSSR count). The summed E-state index contributed by atoms with van der Waals surface area (Å²) in [7, 11) is 3.27. The van der Waals surface area contributed by atoms with Gasteiger partial charge in [0.25, 0.3) is 5.89 Å². The molecule has 0 amide bonds. The lowest BCUT2D eigenvalue weighted by molar-refractivity contribution is -0.138. The van der Waals surface area contributed by atoms with Gasteiger partial charge in [-0.25, -0.2) is 4.39 Å². The van der Waals surface area contributed by atoms with E-state index >= 15 is 0 Å². The Bertz CT molecular complexity index is 1360. The molecule has 1 heterocycles. The molecule has 0 saturated carbocycles. The molecule has 0 bridgehead atoms. The maximum Gasteiger partial charge on any atom is 0.317 e. The van der Waals surface area contributed by atoms with Crippen LogP contribution in [0.25, 0.3) is 34.0 Å². The zero-order chi connectivity index (χ0) is 24.9. The Morgan fingerprint density at radius 1 is 1.06 bits per heavy atom. The fourth-order valence-corrected chi connectivity index (χ4v) is 4.01. The van der Waals surface area contributed by atoms with Crippen molar-refractivity contribution in [2.24, 2.45) is 0 Å². The number of rotatable bonds is 9. The van der Waals surface area contributed by atoms with E-state index in [4.69, 9.17) is 14.4 Å². The molecular formula is C27H27ClFN3O4. The van der Waals surface area contributed by atoms with Gasteiger partial charge in [0.2, 0.25) is 5.82 Å². The highest BCUT2D eigenvalue weighted by atomic mass is 35.5. The predicted molar refractivity (Wildman–Crippen MR) is 137 cm³/mol. The van der Waals surface area contributed by atoms with Gasteiger partial charge in [0, 0.05) is 30.3 Å². The average Bonchev–Trinajstić information content (AvgIpc) is 3.31. The highest BCUT2D eigenvalue weighted by molar-refractivity contribution is 5.85. The molecule has 1 aromatic heterocycles. The van der Waals surface area contributed by atoms with Gasteiger partial charge in [-0.2, -0.15) is 4.98 Å². The molecule has 0 spiro atoms. The fraction of sp³-hybridized carbons (Fsp3) is 0.222. The number of likely N-dealkylation sites (N-methyl/N-ethyl adjacent to an activating group) is 1. The number of hydrogen-bond acceptors (Lipinski definition) is 6. The lowest BCUT2D eigenvalue weighted by Crippen LogP contribution is -2.25. The van der Waals surface area contributed by atoms with Crippen molar-refractivity contribution in [2.45, 2.75) is 20.1 Å². The second-order valence-electron chi connectivity index (χ2n) is 8.42. The van der Waals surface area contributed by atoms with Crippen molar-refractivity contribution in [2.75, 3.05) is 20.7 Å². The van der Waals surface area contributed by atoms with Crippen LogP contribution in [-0.4, -0.2) is 46.8 Å². The number of nitrogens with zero attached hydrogens (tertiary/aromatic N) is 3. The Morgan fingerprint density at radius 2 is 1.78 bits per heavy atom. The number of benzene rings is 3. The first kappa shape index (κ1) is 27.0. The van der Waals surface area contributed by atoms with Crippen LogP contribution in [-0.2, 0) is 22.7 Å². The molecule has 7 nitrogen and oxygen atoms in total. The van der Waals surface area contributed by atoms with E-state index in [2.05, 4.69) is 29.2 Å². The van der Waals surface area contributed by atoms with Gasteiger partial charge >= 0.3 is 5.97 Å². The van der Waals surface area contributed by atoms with E-state index < -0.39 is 11.8 Å². The van der Waals surface area contributed by atoms with Gasteiger partial charge in [-0.3, -0.25) is 9.69 Å². The average molecular weight is 512 g/mol. The Hall–Kier alpha value is -3.59. The van der Waals surface area contributed by atoms with Crippen LogP contribution in [0.3, 0.4) is 0 Å². The van der Waals surface area contributed by atoms with Gasteiger partial charge < -0.3 is 14.4 Å². The highest BCUT2D eigenvalue weighted by Crippen LogP contribution is 2.32. The standard InChI is InChI=1S/C27H26FN3O4.ClH/c1-17-6-4-5-7-22(17)23-10-8-19(13-21(23)16-34-3)27-29-26(30-35-27)18-9-11-24(28)20(12-18)14-31(2)15-25(32)33;/h4-13H,14-16H2,1-3H3,(H,32,33);1H. The molecule has 9 heteroatoms. The van der Waals surface area contributed by atoms with Gasteiger partial charge in [0.15, 0.2) is 0 Å². The van der Waals surface area contributed by atoms with Gasteiger partial charge in [0.1, 0.15) is 5.82 Å². The van der Waals surface area contributed by atoms with Gasteiger partial charge in [-0.1, -0.05) is 35.5 Å². The van der Waals surface area contributed by atoms with E-state index in [0.717, 1.165) is 22.3 Å². The van der Waals surface area contributed by atoms with Gasteiger partial charge in [-0.05, 0) is 66.6 Å². The number of halogens is 2. The van der Waals surface area contributed by atoms with Crippen LogP contribution in [0.1, 0.15) is 16.7 Å². The molecule has 0 radical (unpaired) electrons. The van der Waals surface area contributed by atoms with E-state index in [1.807, 2.05) is 30.3 Å². The molecule has 0 atom stereocenters. The van der Waals surface area contributed by atoms with Crippen molar-refractivity contribution in [1.29, 1.82) is 0 Å². The van der Waals surface area contributed by atoms with Crippen LogP contribution in [0, 0.1) is 12.7 Å². The molecule has 3 aromatic carbocycles. The summed E-state index contributed by atoms with van der Waals surface area (Å²) in [6.45, 7) is 2.43. The van der Waals surface area contributed by atoms with Crippen molar-refractivity contribution in [3.8, 4) is 34.0 Å². The molecule has 4 aromatic rings. The SMILES string of the molecule is COCc1cc(-c2nc(-c3ccc(F)c(CN(C)CC(=O)O)c3)no2)ccc1-c1ccccc1C.Cl. The summed E-state index contributed by atoms with van der Waals surface area (Å²) < 4.78 is 25.3. The van der Waals surface area contributed by atoms with Crippen molar-refractivity contribution in [3.05, 3.63) is 83.2 Å². The molecule has 188 valence electrons. The van der Waals surface area contributed by atoms with E-state index in [1.54, 1.807) is 26.3 Å². The number of carboxylic acids is 1. The molecule has 0 aliphatic heterocycles. The fourth-order valence-electron chi connectivity index (χ4n) is 4.01. The molecule has 0 saturated heterocycles.